The van der Waals surface area contributed by atoms with E-state index in [4.69, 9.17) is 5.73 Å². The second kappa shape index (κ2) is 7.04. The van der Waals surface area contributed by atoms with Gasteiger partial charge < -0.3 is 10.6 Å². The molecule has 0 aliphatic carbocycles. The zero-order valence-corrected chi connectivity index (χ0v) is 12.4. The summed E-state index contributed by atoms with van der Waals surface area (Å²) < 4.78 is 0. The number of rotatable bonds is 5. The number of aryl methyl sites for hydroxylation is 2. The molecule has 1 aliphatic heterocycles. The maximum atomic E-state index is 5.57. The van der Waals surface area contributed by atoms with Gasteiger partial charge in [0.1, 0.15) is 0 Å². The molecule has 0 amide bonds. The lowest BCUT2D eigenvalue weighted by molar-refractivity contribution is 0.126. The van der Waals surface area contributed by atoms with Crippen molar-refractivity contribution in [2.24, 2.45) is 5.73 Å². The molecule has 0 saturated carbocycles. The molecule has 1 fully saturated rings. The minimum absolute atomic E-state index is 0.808. The molecule has 0 radical (unpaired) electrons. The van der Waals surface area contributed by atoms with Gasteiger partial charge in [-0.2, -0.15) is 0 Å². The van der Waals surface area contributed by atoms with E-state index in [0.29, 0.717) is 0 Å². The molecule has 2 N–H and O–H groups in total. The Morgan fingerprint density at radius 1 is 1.05 bits per heavy atom. The van der Waals surface area contributed by atoms with Crippen LogP contribution in [0.25, 0.3) is 0 Å². The van der Waals surface area contributed by atoms with Crippen molar-refractivity contribution in [1.29, 1.82) is 0 Å². The SMILES string of the molecule is Cc1ccc(C)c(CN2CCN(CCCN)CC2)c1. The fourth-order valence-electron chi connectivity index (χ4n) is 2.70. The Bertz CT molecular complexity index is 395. The van der Waals surface area contributed by atoms with Crippen LogP contribution in [0.5, 0.6) is 0 Å². The molecule has 1 aliphatic rings. The predicted octanol–water partition coefficient (Wildman–Crippen LogP) is 1.77. The van der Waals surface area contributed by atoms with Crippen molar-refractivity contribution in [3.63, 3.8) is 0 Å². The third-order valence-electron chi connectivity index (χ3n) is 4.04. The third kappa shape index (κ3) is 4.30. The lowest BCUT2D eigenvalue weighted by Gasteiger charge is -2.35. The van der Waals surface area contributed by atoms with Gasteiger partial charge in [-0.1, -0.05) is 23.8 Å². The normalized spacial score (nSPS) is 17.8. The van der Waals surface area contributed by atoms with Crippen LogP contribution in [-0.2, 0) is 6.54 Å². The van der Waals surface area contributed by atoms with E-state index in [1.807, 2.05) is 0 Å². The fraction of sp³-hybridized carbons (Fsp3) is 0.625. The minimum atomic E-state index is 0.808. The first-order chi connectivity index (χ1) is 9.19. The molecule has 0 unspecified atom stereocenters. The topological polar surface area (TPSA) is 32.5 Å². The fourth-order valence-corrected chi connectivity index (χ4v) is 2.70. The van der Waals surface area contributed by atoms with Gasteiger partial charge >= 0.3 is 0 Å². The number of nitrogens with zero attached hydrogens (tertiary/aromatic N) is 2. The molecule has 1 saturated heterocycles. The molecule has 1 aromatic carbocycles. The summed E-state index contributed by atoms with van der Waals surface area (Å²) in [5.41, 5.74) is 9.83. The Morgan fingerprint density at radius 3 is 2.42 bits per heavy atom. The average Bonchev–Trinajstić information content (AvgIpc) is 2.42. The molecule has 3 heteroatoms. The number of piperazine rings is 1. The summed E-state index contributed by atoms with van der Waals surface area (Å²) in [6.07, 6.45) is 1.12. The van der Waals surface area contributed by atoms with Crippen LogP contribution < -0.4 is 5.73 Å². The van der Waals surface area contributed by atoms with Crippen molar-refractivity contribution in [2.75, 3.05) is 39.3 Å². The van der Waals surface area contributed by atoms with Gasteiger partial charge in [-0.25, -0.2) is 0 Å². The van der Waals surface area contributed by atoms with Crippen LogP contribution in [0.3, 0.4) is 0 Å². The van der Waals surface area contributed by atoms with Crippen LogP contribution in [-0.4, -0.2) is 49.1 Å². The van der Waals surface area contributed by atoms with Crippen LogP contribution >= 0.6 is 0 Å². The summed E-state index contributed by atoms with van der Waals surface area (Å²) in [4.78, 5) is 5.10. The van der Waals surface area contributed by atoms with Gasteiger partial charge in [0, 0.05) is 32.7 Å². The van der Waals surface area contributed by atoms with Crippen LogP contribution in [0.2, 0.25) is 0 Å². The molecule has 0 bridgehead atoms. The molecule has 19 heavy (non-hydrogen) atoms. The zero-order valence-electron chi connectivity index (χ0n) is 12.4. The van der Waals surface area contributed by atoms with Crippen LogP contribution in [0, 0.1) is 13.8 Å². The minimum Gasteiger partial charge on any atom is -0.330 e. The lowest BCUT2D eigenvalue weighted by Crippen LogP contribution is -2.46. The molecular weight excluding hydrogens is 234 g/mol. The molecule has 0 atom stereocenters. The quantitative estimate of drug-likeness (QED) is 0.877. The third-order valence-corrected chi connectivity index (χ3v) is 4.04. The summed E-state index contributed by atoms with van der Waals surface area (Å²) in [7, 11) is 0. The Kier molecular flexibility index (Phi) is 5.37. The van der Waals surface area contributed by atoms with Gasteiger partial charge in [-0.05, 0) is 44.5 Å². The second-order valence-corrected chi connectivity index (χ2v) is 5.69. The van der Waals surface area contributed by atoms with Gasteiger partial charge in [0.15, 0.2) is 0 Å². The smallest absolute Gasteiger partial charge is 0.0237 e. The van der Waals surface area contributed by atoms with Gasteiger partial charge in [0.25, 0.3) is 0 Å². The van der Waals surface area contributed by atoms with Gasteiger partial charge in [-0.15, -0.1) is 0 Å². The highest BCUT2D eigenvalue weighted by atomic mass is 15.3. The summed E-state index contributed by atoms with van der Waals surface area (Å²) in [6.45, 7) is 12.2. The molecule has 0 aromatic heterocycles. The molecular formula is C16H27N3. The van der Waals surface area contributed by atoms with Crippen molar-refractivity contribution < 1.29 is 0 Å². The van der Waals surface area contributed by atoms with Gasteiger partial charge in [-0.3, -0.25) is 4.90 Å². The van der Waals surface area contributed by atoms with E-state index < -0.39 is 0 Å². The lowest BCUT2D eigenvalue weighted by atomic mass is 10.0. The second-order valence-electron chi connectivity index (χ2n) is 5.69. The monoisotopic (exact) mass is 261 g/mol. The first-order valence-corrected chi connectivity index (χ1v) is 7.40. The van der Waals surface area contributed by atoms with Crippen molar-refractivity contribution in [2.45, 2.75) is 26.8 Å². The van der Waals surface area contributed by atoms with E-state index in [1.54, 1.807) is 0 Å². The highest BCUT2D eigenvalue weighted by molar-refractivity contribution is 5.30. The standard InChI is InChI=1S/C16H27N3/c1-14-4-5-15(2)16(12-14)13-19-10-8-18(9-11-19)7-3-6-17/h4-5,12H,3,6-11,13,17H2,1-2H3. The summed E-state index contributed by atoms with van der Waals surface area (Å²) >= 11 is 0. The zero-order chi connectivity index (χ0) is 13.7. The molecule has 2 rings (SSSR count). The Morgan fingerprint density at radius 2 is 1.74 bits per heavy atom. The molecule has 3 nitrogen and oxygen atoms in total. The molecule has 0 spiro atoms. The number of nitrogens with two attached hydrogens (primary N) is 1. The number of hydrogen-bond donors (Lipinski definition) is 1. The summed E-state index contributed by atoms with van der Waals surface area (Å²) in [5.74, 6) is 0. The van der Waals surface area contributed by atoms with Gasteiger partial charge in [0.05, 0.1) is 0 Å². The Labute approximate surface area is 117 Å². The maximum Gasteiger partial charge on any atom is 0.0237 e. The summed E-state index contributed by atoms with van der Waals surface area (Å²) in [5, 5.41) is 0. The highest BCUT2D eigenvalue weighted by Crippen LogP contribution is 2.14. The van der Waals surface area contributed by atoms with Crippen LogP contribution in [0.15, 0.2) is 18.2 Å². The number of hydrogen-bond acceptors (Lipinski definition) is 3. The van der Waals surface area contributed by atoms with E-state index in [1.165, 1.54) is 42.9 Å². The number of benzene rings is 1. The van der Waals surface area contributed by atoms with Crippen molar-refractivity contribution >= 4 is 0 Å². The van der Waals surface area contributed by atoms with Crippen molar-refractivity contribution in [1.82, 2.24) is 9.80 Å². The largest absolute Gasteiger partial charge is 0.330 e. The maximum absolute atomic E-state index is 5.57. The van der Waals surface area contributed by atoms with E-state index in [9.17, 15) is 0 Å². The predicted molar refractivity (Wildman–Crippen MR) is 81.3 cm³/mol. The summed E-state index contributed by atoms with van der Waals surface area (Å²) in [6, 6.07) is 6.77. The van der Waals surface area contributed by atoms with Crippen LogP contribution in [0.1, 0.15) is 23.1 Å². The molecule has 106 valence electrons. The Balaban J connectivity index is 1.83. The highest BCUT2D eigenvalue weighted by Gasteiger charge is 2.16. The average molecular weight is 261 g/mol. The van der Waals surface area contributed by atoms with Crippen LogP contribution in [0.4, 0.5) is 0 Å². The van der Waals surface area contributed by atoms with Crippen molar-refractivity contribution in [3.8, 4) is 0 Å². The first-order valence-electron chi connectivity index (χ1n) is 7.40. The van der Waals surface area contributed by atoms with Crippen molar-refractivity contribution in [3.05, 3.63) is 34.9 Å². The van der Waals surface area contributed by atoms with E-state index in [-0.39, 0.29) is 0 Å². The molecule has 1 heterocycles. The first kappa shape index (κ1) is 14.5. The Hall–Kier alpha value is -0.900. The van der Waals surface area contributed by atoms with Gasteiger partial charge in [0.2, 0.25) is 0 Å². The van der Waals surface area contributed by atoms with E-state index >= 15 is 0 Å². The van der Waals surface area contributed by atoms with E-state index in [2.05, 4.69) is 41.8 Å². The molecule has 1 aromatic rings. The van der Waals surface area contributed by atoms with E-state index in [0.717, 1.165) is 26.1 Å².